The summed E-state index contributed by atoms with van der Waals surface area (Å²) in [5, 5.41) is 9.20. The van der Waals surface area contributed by atoms with Crippen LogP contribution in [0.4, 0.5) is 5.69 Å². The second-order valence-corrected chi connectivity index (χ2v) is 9.20. The van der Waals surface area contributed by atoms with Crippen LogP contribution in [0.5, 0.6) is 23.0 Å². The van der Waals surface area contributed by atoms with Gasteiger partial charge >= 0.3 is 0 Å². The number of aliphatic hydroxyl groups excluding tert-OH is 1. The minimum atomic E-state index is 0.0110. The number of anilines is 1. The molecule has 3 aromatic rings. The van der Waals surface area contributed by atoms with Crippen molar-refractivity contribution in [2.75, 3.05) is 46.0 Å². The van der Waals surface area contributed by atoms with Gasteiger partial charge in [0.05, 0.1) is 33.6 Å². The number of hydrogen-bond acceptors (Lipinski definition) is 7. The molecule has 4 rings (SSSR count). The lowest BCUT2D eigenvalue weighted by atomic mass is 10.1. The van der Waals surface area contributed by atoms with Gasteiger partial charge in [0.2, 0.25) is 5.75 Å². The van der Waals surface area contributed by atoms with E-state index >= 15 is 0 Å². The van der Waals surface area contributed by atoms with Crippen LogP contribution in [0.25, 0.3) is 0 Å². The third kappa shape index (κ3) is 5.37. The monoisotopic (exact) mass is 481 g/mol. The first kappa shape index (κ1) is 24.1. The molecule has 0 bridgehead atoms. The predicted molar refractivity (Wildman–Crippen MR) is 136 cm³/mol. The Labute approximate surface area is 205 Å². The zero-order chi connectivity index (χ0) is 23.9. The van der Waals surface area contributed by atoms with E-state index in [-0.39, 0.29) is 11.9 Å². The summed E-state index contributed by atoms with van der Waals surface area (Å²) in [7, 11) is 4.93. The quantitative estimate of drug-likeness (QED) is 0.443. The number of methoxy groups -OCH3 is 3. The topological polar surface area (TPSA) is 60.4 Å². The molecule has 1 aliphatic rings. The fourth-order valence-electron chi connectivity index (χ4n) is 4.18. The largest absolute Gasteiger partial charge is 0.493 e. The van der Waals surface area contributed by atoms with Gasteiger partial charge in [-0.2, -0.15) is 0 Å². The molecule has 0 saturated heterocycles. The Morgan fingerprint density at radius 1 is 0.941 bits per heavy atom. The molecular formula is C27H31NO5S. The van der Waals surface area contributed by atoms with Gasteiger partial charge in [-0.25, -0.2) is 0 Å². The maximum absolute atomic E-state index is 8.95. The van der Waals surface area contributed by atoms with Crippen LogP contribution in [0.1, 0.15) is 22.8 Å². The molecule has 7 heteroatoms. The molecule has 1 aliphatic heterocycles. The van der Waals surface area contributed by atoms with Gasteiger partial charge in [-0.3, -0.25) is 0 Å². The minimum absolute atomic E-state index is 0.0110. The predicted octanol–water partition coefficient (Wildman–Crippen LogP) is 5.33. The standard InChI is InChI=1S/C27H31NO5S/c1-30-23-16-20(17-24(31-2)27(23)32-3)25-12-13-28(22-6-4-5-7-26(22)34-25)18-19-8-10-21(11-9-19)33-15-14-29/h4-11,16-17,25,29H,12-15,18H2,1-3H3/t25-/m1/s1. The zero-order valence-corrected chi connectivity index (χ0v) is 20.6. The van der Waals surface area contributed by atoms with Crippen molar-refractivity contribution in [3.63, 3.8) is 0 Å². The van der Waals surface area contributed by atoms with Crippen molar-refractivity contribution in [3.05, 3.63) is 71.8 Å². The normalized spacial score (nSPS) is 15.3. The maximum atomic E-state index is 8.95. The number of ether oxygens (including phenoxy) is 4. The number of benzene rings is 3. The van der Waals surface area contributed by atoms with Crippen LogP contribution in [0, 0.1) is 0 Å². The summed E-state index contributed by atoms with van der Waals surface area (Å²) < 4.78 is 22.2. The van der Waals surface area contributed by atoms with E-state index in [1.54, 1.807) is 21.3 Å². The molecule has 1 heterocycles. The summed E-state index contributed by atoms with van der Waals surface area (Å²) in [6.07, 6.45) is 0.968. The number of rotatable bonds is 9. The molecule has 180 valence electrons. The minimum Gasteiger partial charge on any atom is -0.493 e. The molecule has 1 atom stereocenters. The average molecular weight is 482 g/mol. The van der Waals surface area contributed by atoms with Crippen LogP contribution in [-0.2, 0) is 6.54 Å². The van der Waals surface area contributed by atoms with Crippen molar-refractivity contribution in [2.24, 2.45) is 0 Å². The van der Waals surface area contributed by atoms with Crippen molar-refractivity contribution in [3.8, 4) is 23.0 Å². The lowest BCUT2D eigenvalue weighted by molar-refractivity contribution is 0.201. The summed E-state index contributed by atoms with van der Waals surface area (Å²) in [5.74, 6) is 2.73. The number of nitrogens with zero attached hydrogens (tertiary/aromatic N) is 1. The van der Waals surface area contributed by atoms with E-state index in [1.807, 2.05) is 23.9 Å². The van der Waals surface area contributed by atoms with Gasteiger partial charge in [0, 0.05) is 23.2 Å². The first-order chi connectivity index (χ1) is 16.7. The second kappa shape index (κ2) is 11.4. The summed E-state index contributed by atoms with van der Waals surface area (Å²) in [5.41, 5.74) is 3.60. The first-order valence-electron chi connectivity index (χ1n) is 11.3. The molecule has 34 heavy (non-hydrogen) atoms. The van der Waals surface area contributed by atoms with Crippen molar-refractivity contribution in [1.82, 2.24) is 0 Å². The van der Waals surface area contributed by atoms with E-state index in [4.69, 9.17) is 24.1 Å². The van der Waals surface area contributed by atoms with Crippen molar-refractivity contribution in [2.45, 2.75) is 23.1 Å². The molecule has 1 N–H and O–H groups in total. The van der Waals surface area contributed by atoms with Crippen LogP contribution < -0.4 is 23.8 Å². The average Bonchev–Trinajstić information content (AvgIpc) is 3.07. The zero-order valence-electron chi connectivity index (χ0n) is 19.8. The van der Waals surface area contributed by atoms with Crippen LogP contribution in [0.3, 0.4) is 0 Å². The van der Waals surface area contributed by atoms with E-state index in [0.717, 1.165) is 30.8 Å². The van der Waals surface area contributed by atoms with Gasteiger partial charge in [-0.1, -0.05) is 24.3 Å². The SMILES string of the molecule is COc1cc([C@H]2CCN(Cc3ccc(OCCO)cc3)c3ccccc3S2)cc(OC)c1OC. The van der Waals surface area contributed by atoms with E-state index in [0.29, 0.717) is 23.9 Å². The summed E-state index contributed by atoms with van der Waals surface area (Å²) in [6.45, 7) is 2.03. The van der Waals surface area contributed by atoms with Crippen LogP contribution in [-0.4, -0.2) is 46.2 Å². The summed E-state index contributed by atoms with van der Waals surface area (Å²) in [6, 6.07) is 20.8. The lowest BCUT2D eigenvalue weighted by Gasteiger charge is -2.25. The number of fused-ring (bicyclic) bond motifs is 1. The third-order valence-electron chi connectivity index (χ3n) is 5.85. The number of thioether (sulfide) groups is 1. The van der Waals surface area contributed by atoms with E-state index in [1.165, 1.54) is 16.1 Å². The van der Waals surface area contributed by atoms with Gasteiger partial charge in [0.25, 0.3) is 0 Å². The Hall–Kier alpha value is -3.03. The fourth-order valence-corrected chi connectivity index (χ4v) is 5.46. The highest BCUT2D eigenvalue weighted by Crippen LogP contribution is 2.48. The molecule has 0 unspecified atom stereocenters. The van der Waals surface area contributed by atoms with Crippen LogP contribution in [0.15, 0.2) is 65.6 Å². The van der Waals surface area contributed by atoms with E-state index in [2.05, 4.69) is 53.4 Å². The van der Waals surface area contributed by atoms with Gasteiger partial charge in [-0.05, 0) is 53.9 Å². The fraction of sp³-hybridized carbons (Fsp3) is 0.333. The summed E-state index contributed by atoms with van der Waals surface area (Å²) >= 11 is 1.87. The molecule has 0 aromatic heterocycles. The first-order valence-corrected chi connectivity index (χ1v) is 12.2. The van der Waals surface area contributed by atoms with E-state index in [9.17, 15) is 0 Å². The Morgan fingerprint density at radius 2 is 1.65 bits per heavy atom. The van der Waals surface area contributed by atoms with Crippen molar-refractivity contribution in [1.29, 1.82) is 0 Å². The highest BCUT2D eigenvalue weighted by Gasteiger charge is 2.25. The van der Waals surface area contributed by atoms with Crippen LogP contribution in [0.2, 0.25) is 0 Å². The molecule has 0 radical (unpaired) electrons. The molecule has 0 fully saturated rings. The van der Waals surface area contributed by atoms with Crippen molar-refractivity contribution >= 4 is 17.4 Å². The van der Waals surface area contributed by atoms with Gasteiger partial charge < -0.3 is 29.0 Å². The molecular weight excluding hydrogens is 450 g/mol. The highest BCUT2D eigenvalue weighted by molar-refractivity contribution is 7.99. The molecule has 0 amide bonds. The van der Waals surface area contributed by atoms with Crippen LogP contribution >= 0.6 is 11.8 Å². The van der Waals surface area contributed by atoms with E-state index < -0.39 is 0 Å². The van der Waals surface area contributed by atoms with Gasteiger partial charge in [0.15, 0.2) is 11.5 Å². The number of aliphatic hydroxyl groups is 1. The van der Waals surface area contributed by atoms with Crippen molar-refractivity contribution < 1.29 is 24.1 Å². The highest BCUT2D eigenvalue weighted by atomic mass is 32.2. The lowest BCUT2D eigenvalue weighted by Crippen LogP contribution is -2.23. The second-order valence-electron chi connectivity index (χ2n) is 7.96. The number of para-hydroxylation sites is 1. The van der Waals surface area contributed by atoms with Gasteiger partial charge in [0.1, 0.15) is 12.4 Å². The molecule has 3 aromatic carbocycles. The maximum Gasteiger partial charge on any atom is 0.203 e. The smallest absolute Gasteiger partial charge is 0.203 e. The Balaban J connectivity index is 1.59. The molecule has 0 spiro atoms. The Bertz CT molecular complexity index is 1060. The Kier molecular flexibility index (Phi) is 8.08. The molecule has 0 aliphatic carbocycles. The number of hydrogen-bond donors (Lipinski definition) is 1. The summed E-state index contributed by atoms with van der Waals surface area (Å²) in [4.78, 5) is 3.69. The third-order valence-corrected chi connectivity index (χ3v) is 7.24. The molecule has 6 nitrogen and oxygen atoms in total. The van der Waals surface area contributed by atoms with Gasteiger partial charge in [-0.15, -0.1) is 11.8 Å². The Morgan fingerprint density at radius 3 is 2.29 bits per heavy atom. The molecule has 0 saturated carbocycles.